The molecule has 15 heteroatoms. The lowest BCUT2D eigenvalue weighted by atomic mass is 10.0. The van der Waals surface area contributed by atoms with Crippen molar-refractivity contribution in [3.05, 3.63) is 107 Å². The van der Waals surface area contributed by atoms with Gasteiger partial charge in [0.05, 0.1) is 47.6 Å². The van der Waals surface area contributed by atoms with Crippen LogP contribution in [0, 0.1) is 5.82 Å². The highest BCUT2D eigenvalue weighted by molar-refractivity contribution is 6.31. The lowest BCUT2D eigenvalue weighted by Crippen LogP contribution is -2.25. The molecule has 6 rings (SSSR count). The second-order valence-electron chi connectivity index (χ2n) is 9.47. The molecule has 1 aliphatic heterocycles. The standard InChI is InChI=1S/C28H19ClF3N9O2/c1-14(16-7-35-28(36-8-16)40-12-15-3-2-6-34-24(15)27(40)43)41-13-17(9-37-41)38-26(42)21-11-33-10-20(39-21)22-18(25(31)32)4-5-19(29)23(22)30/h2-11,13-14,25H,12H2,1H3,(H,38,42). The quantitative estimate of drug-likeness (QED) is 0.265. The molecule has 5 heterocycles. The molecule has 43 heavy (non-hydrogen) atoms. The fourth-order valence-electron chi connectivity index (χ4n) is 4.54. The summed E-state index contributed by atoms with van der Waals surface area (Å²) in [5, 5.41) is 6.53. The molecule has 2 amide bonds. The second-order valence-corrected chi connectivity index (χ2v) is 9.88. The topological polar surface area (TPSA) is 132 Å². The number of benzene rings is 1. The van der Waals surface area contributed by atoms with Gasteiger partial charge in [0.15, 0.2) is 5.82 Å². The van der Waals surface area contributed by atoms with Crippen LogP contribution in [0.2, 0.25) is 5.02 Å². The van der Waals surface area contributed by atoms with Gasteiger partial charge in [0.2, 0.25) is 5.95 Å². The van der Waals surface area contributed by atoms with Crippen molar-refractivity contribution in [2.45, 2.75) is 25.9 Å². The molecule has 0 spiro atoms. The predicted octanol–water partition coefficient (Wildman–Crippen LogP) is 5.28. The van der Waals surface area contributed by atoms with Gasteiger partial charge in [-0.3, -0.25) is 29.1 Å². The SMILES string of the molecule is CC(c1cnc(N2Cc3cccnc3C2=O)nc1)n1cc(NC(=O)c2cncc(-c3c(C(F)F)ccc(Cl)c3F)n2)cn1. The van der Waals surface area contributed by atoms with E-state index in [0.29, 0.717) is 23.5 Å². The molecule has 0 saturated heterocycles. The number of anilines is 2. The van der Waals surface area contributed by atoms with Crippen molar-refractivity contribution >= 4 is 35.1 Å². The molecule has 5 aromatic rings. The molecule has 1 unspecified atom stereocenters. The van der Waals surface area contributed by atoms with Gasteiger partial charge in [-0.05, 0) is 19.1 Å². The molecule has 1 aromatic carbocycles. The summed E-state index contributed by atoms with van der Waals surface area (Å²) < 4.78 is 43.4. The first kappa shape index (κ1) is 27.9. The Labute approximate surface area is 246 Å². The number of amides is 2. The summed E-state index contributed by atoms with van der Waals surface area (Å²) >= 11 is 5.80. The van der Waals surface area contributed by atoms with E-state index >= 15 is 0 Å². The average Bonchev–Trinajstić information content (AvgIpc) is 3.62. The van der Waals surface area contributed by atoms with Gasteiger partial charge in [0, 0.05) is 47.0 Å². The third kappa shape index (κ3) is 5.28. The first-order valence-corrected chi connectivity index (χ1v) is 13.1. The summed E-state index contributed by atoms with van der Waals surface area (Å²) in [7, 11) is 0. The maximum atomic E-state index is 14.7. The average molecular weight is 606 g/mol. The Morgan fingerprint density at radius 3 is 2.60 bits per heavy atom. The maximum Gasteiger partial charge on any atom is 0.279 e. The van der Waals surface area contributed by atoms with E-state index in [1.54, 1.807) is 35.5 Å². The highest BCUT2D eigenvalue weighted by atomic mass is 35.5. The number of pyridine rings is 1. The largest absolute Gasteiger partial charge is 0.318 e. The van der Waals surface area contributed by atoms with Gasteiger partial charge < -0.3 is 5.32 Å². The minimum Gasteiger partial charge on any atom is -0.318 e. The van der Waals surface area contributed by atoms with Crippen LogP contribution in [0.15, 0.2) is 67.6 Å². The summed E-state index contributed by atoms with van der Waals surface area (Å²) in [4.78, 5) is 47.8. The zero-order valence-corrected chi connectivity index (χ0v) is 22.9. The molecule has 0 radical (unpaired) electrons. The van der Waals surface area contributed by atoms with E-state index < -0.39 is 29.3 Å². The fourth-order valence-corrected chi connectivity index (χ4v) is 4.70. The number of nitrogens with one attached hydrogen (secondary N) is 1. The molecule has 0 saturated carbocycles. The van der Waals surface area contributed by atoms with Crippen LogP contribution in [0.5, 0.6) is 0 Å². The van der Waals surface area contributed by atoms with Gasteiger partial charge in [-0.25, -0.2) is 28.1 Å². The minimum atomic E-state index is -3.01. The Kier molecular flexibility index (Phi) is 7.27. The summed E-state index contributed by atoms with van der Waals surface area (Å²) in [6.07, 6.45) is 6.87. The second kappa shape index (κ2) is 11.2. The molecule has 1 atom stereocenters. The zero-order valence-electron chi connectivity index (χ0n) is 22.1. The van der Waals surface area contributed by atoms with E-state index in [9.17, 15) is 22.8 Å². The van der Waals surface area contributed by atoms with Crippen LogP contribution in [-0.4, -0.2) is 46.5 Å². The number of carbonyl (C=O) groups excluding carboxylic acids is 2. The van der Waals surface area contributed by atoms with Crippen LogP contribution in [0.1, 0.15) is 57.1 Å². The van der Waals surface area contributed by atoms with Gasteiger partial charge in [-0.2, -0.15) is 5.10 Å². The van der Waals surface area contributed by atoms with Crippen LogP contribution < -0.4 is 10.2 Å². The van der Waals surface area contributed by atoms with Crippen LogP contribution >= 0.6 is 11.6 Å². The number of aromatic nitrogens is 7. The normalized spacial score (nSPS) is 13.3. The number of carbonyl (C=O) groups is 2. The fraction of sp³-hybridized carbons (Fsp3) is 0.143. The van der Waals surface area contributed by atoms with E-state index in [0.717, 1.165) is 30.1 Å². The Bertz CT molecular complexity index is 1870. The third-order valence-corrected chi connectivity index (χ3v) is 7.08. The number of nitrogens with zero attached hydrogens (tertiary/aromatic N) is 8. The highest BCUT2D eigenvalue weighted by Crippen LogP contribution is 2.35. The molecule has 4 aromatic heterocycles. The number of fused-ring (bicyclic) bond motifs is 1. The molecular formula is C28H19ClF3N9O2. The van der Waals surface area contributed by atoms with Crippen LogP contribution in [-0.2, 0) is 6.54 Å². The zero-order chi connectivity index (χ0) is 30.2. The van der Waals surface area contributed by atoms with Crippen molar-refractivity contribution in [1.29, 1.82) is 0 Å². The van der Waals surface area contributed by atoms with Crippen LogP contribution in [0.25, 0.3) is 11.3 Å². The summed E-state index contributed by atoms with van der Waals surface area (Å²) in [6.45, 7) is 2.17. The monoisotopic (exact) mass is 605 g/mol. The lowest BCUT2D eigenvalue weighted by molar-refractivity contribution is 0.0988. The molecule has 1 N–H and O–H groups in total. The number of halogens is 4. The van der Waals surface area contributed by atoms with Gasteiger partial charge in [-0.15, -0.1) is 0 Å². The molecule has 0 bridgehead atoms. The van der Waals surface area contributed by atoms with E-state index in [1.165, 1.54) is 11.1 Å². The van der Waals surface area contributed by atoms with Crippen LogP contribution in [0.3, 0.4) is 0 Å². The van der Waals surface area contributed by atoms with E-state index in [1.807, 2.05) is 13.0 Å². The highest BCUT2D eigenvalue weighted by Gasteiger charge is 2.31. The van der Waals surface area contributed by atoms with E-state index in [2.05, 4.69) is 35.3 Å². The molecular weight excluding hydrogens is 587 g/mol. The Hall–Kier alpha value is -5.24. The molecule has 216 valence electrons. The van der Waals surface area contributed by atoms with Crippen molar-refractivity contribution in [3.63, 3.8) is 0 Å². The summed E-state index contributed by atoms with van der Waals surface area (Å²) in [6, 6.07) is 5.26. The number of alkyl halides is 2. The maximum absolute atomic E-state index is 14.7. The Balaban J connectivity index is 1.16. The van der Waals surface area contributed by atoms with Crippen molar-refractivity contribution < 1.29 is 22.8 Å². The Morgan fingerprint density at radius 2 is 1.86 bits per heavy atom. The summed E-state index contributed by atoms with van der Waals surface area (Å²) in [5.74, 6) is -1.84. The van der Waals surface area contributed by atoms with E-state index in [-0.39, 0.29) is 34.3 Å². The number of hydrogen-bond donors (Lipinski definition) is 1. The van der Waals surface area contributed by atoms with Crippen molar-refractivity contribution in [2.75, 3.05) is 10.2 Å². The molecule has 11 nitrogen and oxygen atoms in total. The summed E-state index contributed by atoms with van der Waals surface area (Å²) in [5.41, 5.74) is 0.488. The van der Waals surface area contributed by atoms with Crippen molar-refractivity contribution in [1.82, 2.24) is 34.7 Å². The van der Waals surface area contributed by atoms with E-state index in [4.69, 9.17) is 11.6 Å². The minimum absolute atomic E-state index is 0.240. The lowest BCUT2D eigenvalue weighted by Gasteiger charge is -2.15. The Morgan fingerprint density at radius 1 is 1.07 bits per heavy atom. The number of hydrogen-bond acceptors (Lipinski definition) is 8. The number of rotatable bonds is 7. The van der Waals surface area contributed by atoms with Gasteiger partial charge >= 0.3 is 0 Å². The molecule has 0 fully saturated rings. The smallest absolute Gasteiger partial charge is 0.279 e. The van der Waals surface area contributed by atoms with Gasteiger partial charge in [0.1, 0.15) is 11.4 Å². The van der Waals surface area contributed by atoms with Gasteiger partial charge in [-0.1, -0.05) is 23.7 Å². The van der Waals surface area contributed by atoms with Crippen molar-refractivity contribution in [3.8, 4) is 11.3 Å². The first-order valence-electron chi connectivity index (χ1n) is 12.7. The third-order valence-electron chi connectivity index (χ3n) is 6.79. The molecule has 0 aliphatic carbocycles. The van der Waals surface area contributed by atoms with Gasteiger partial charge in [0.25, 0.3) is 18.2 Å². The molecule has 1 aliphatic rings. The first-order chi connectivity index (χ1) is 20.7. The predicted molar refractivity (Wildman–Crippen MR) is 148 cm³/mol. The van der Waals surface area contributed by atoms with Crippen molar-refractivity contribution in [2.24, 2.45) is 0 Å². The van der Waals surface area contributed by atoms with Crippen LogP contribution in [0.4, 0.5) is 24.8 Å².